The summed E-state index contributed by atoms with van der Waals surface area (Å²) in [5.41, 5.74) is 0.664. The fraction of sp³-hybridized carbons (Fsp3) is 0.333. The van der Waals surface area contributed by atoms with Crippen LogP contribution < -0.4 is 4.74 Å². The summed E-state index contributed by atoms with van der Waals surface area (Å²) in [5, 5.41) is 13.7. The van der Waals surface area contributed by atoms with Crippen molar-refractivity contribution in [2.24, 2.45) is 0 Å². The van der Waals surface area contributed by atoms with Gasteiger partial charge in [-0.25, -0.2) is 4.98 Å². The molecule has 2 heterocycles. The maximum absolute atomic E-state index is 9.59. The highest BCUT2D eigenvalue weighted by Gasteiger charge is 2.11. The van der Waals surface area contributed by atoms with Gasteiger partial charge in [0.05, 0.1) is 18.5 Å². The van der Waals surface area contributed by atoms with E-state index in [2.05, 4.69) is 10.1 Å². The van der Waals surface area contributed by atoms with E-state index >= 15 is 0 Å². The highest BCUT2D eigenvalue weighted by Crippen LogP contribution is 2.26. The van der Waals surface area contributed by atoms with E-state index in [0.29, 0.717) is 17.2 Å². The van der Waals surface area contributed by atoms with Crippen molar-refractivity contribution >= 4 is 0 Å². The number of hydrogen-bond donors (Lipinski definition) is 1. The molecule has 5 nitrogen and oxygen atoms in total. The molecule has 0 spiro atoms. The normalized spacial score (nSPS) is 12.4. The molecular weight excluding hydrogens is 218 g/mol. The Hall–Kier alpha value is -1.88. The lowest BCUT2D eigenvalue weighted by atomic mass is 10.2. The van der Waals surface area contributed by atoms with Gasteiger partial charge < -0.3 is 9.84 Å². The molecule has 2 aromatic heterocycles. The van der Waals surface area contributed by atoms with Gasteiger partial charge in [-0.1, -0.05) is 0 Å². The van der Waals surface area contributed by atoms with Gasteiger partial charge >= 0.3 is 0 Å². The quantitative estimate of drug-likeness (QED) is 0.878. The maximum Gasteiger partial charge on any atom is 0.225 e. The van der Waals surface area contributed by atoms with Crippen molar-refractivity contribution in [3.63, 3.8) is 0 Å². The number of aromatic nitrogens is 3. The lowest BCUT2D eigenvalue weighted by Crippen LogP contribution is -1.97. The number of aryl methyl sites for hydroxylation is 1. The van der Waals surface area contributed by atoms with Crippen molar-refractivity contribution < 1.29 is 9.84 Å². The van der Waals surface area contributed by atoms with Crippen LogP contribution >= 0.6 is 0 Å². The molecule has 0 saturated heterocycles. The van der Waals surface area contributed by atoms with Crippen molar-refractivity contribution in [3.8, 4) is 11.6 Å². The molecule has 1 N–H and O–H groups in total. The molecule has 0 fully saturated rings. The summed E-state index contributed by atoms with van der Waals surface area (Å²) < 4.78 is 7.36. The Balaban J connectivity index is 2.23. The van der Waals surface area contributed by atoms with Crippen molar-refractivity contribution in [3.05, 3.63) is 36.3 Å². The summed E-state index contributed by atoms with van der Waals surface area (Å²) in [6, 6.07) is 3.56. The summed E-state index contributed by atoms with van der Waals surface area (Å²) in [4.78, 5) is 4.11. The molecule has 90 valence electrons. The molecule has 17 heavy (non-hydrogen) atoms. The van der Waals surface area contributed by atoms with Gasteiger partial charge in [0.15, 0.2) is 5.75 Å². The van der Waals surface area contributed by atoms with E-state index in [4.69, 9.17) is 4.74 Å². The third-order valence-electron chi connectivity index (χ3n) is 2.40. The van der Waals surface area contributed by atoms with Crippen molar-refractivity contribution in [2.75, 3.05) is 0 Å². The average Bonchev–Trinajstić information content (AvgIpc) is 2.77. The topological polar surface area (TPSA) is 60.2 Å². The minimum absolute atomic E-state index is 0.415. The predicted octanol–water partition coefficient (Wildman–Crippen LogP) is 2.14. The minimum atomic E-state index is -0.611. The van der Waals surface area contributed by atoms with E-state index in [9.17, 15) is 5.11 Å². The first-order valence-electron chi connectivity index (χ1n) is 5.54. The van der Waals surface area contributed by atoms with Gasteiger partial charge in [-0.2, -0.15) is 5.10 Å². The number of pyridine rings is 1. The van der Waals surface area contributed by atoms with Gasteiger partial charge in [0.2, 0.25) is 5.88 Å². The van der Waals surface area contributed by atoms with Crippen LogP contribution in [-0.4, -0.2) is 19.9 Å². The molecule has 0 amide bonds. The fourth-order valence-corrected chi connectivity index (χ4v) is 1.49. The fourth-order valence-electron chi connectivity index (χ4n) is 1.49. The Bertz CT molecular complexity index is 494. The van der Waals surface area contributed by atoms with Crippen LogP contribution in [0.5, 0.6) is 11.6 Å². The Morgan fingerprint density at radius 3 is 3.00 bits per heavy atom. The Morgan fingerprint density at radius 1 is 1.53 bits per heavy atom. The maximum atomic E-state index is 9.59. The Morgan fingerprint density at radius 2 is 2.35 bits per heavy atom. The highest BCUT2D eigenvalue weighted by molar-refractivity contribution is 5.31. The van der Waals surface area contributed by atoms with Crippen LogP contribution in [0.4, 0.5) is 0 Å². The largest absolute Gasteiger partial charge is 0.435 e. The van der Waals surface area contributed by atoms with Crippen LogP contribution in [0.15, 0.2) is 30.7 Å². The molecular formula is C12H15N3O2. The molecule has 1 atom stereocenters. The van der Waals surface area contributed by atoms with Gasteiger partial charge in [0, 0.05) is 18.3 Å². The summed E-state index contributed by atoms with van der Waals surface area (Å²) in [5.74, 6) is 1.03. The zero-order valence-corrected chi connectivity index (χ0v) is 9.87. The van der Waals surface area contributed by atoms with E-state index < -0.39 is 6.10 Å². The van der Waals surface area contributed by atoms with Gasteiger partial charge in [-0.05, 0) is 26.0 Å². The number of nitrogens with zero attached hydrogens (tertiary/aromatic N) is 3. The molecule has 0 saturated carbocycles. The SMILES string of the molecule is CCn1cc(Oc2ncccc2[C@@H](C)O)cn1. The zero-order chi connectivity index (χ0) is 12.3. The van der Waals surface area contributed by atoms with Crippen LogP contribution in [-0.2, 0) is 6.54 Å². The second kappa shape index (κ2) is 4.97. The number of hydrogen-bond acceptors (Lipinski definition) is 4. The molecule has 0 unspecified atom stereocenters. The van der Waals surface area contributed by atoms with Crippen LogP contribution in [0.1, 0.15) is 25.5 Å². The lowest BCUT2D eigenvalue weighted by Gasteiger charge is -2.09. The lowest BCUT2D eigenvalue weighted by molar-refractivity contribution is 0.194. The van der Waals surface area contributed by atoms with Crippen molar-refractivity contribution in [1.82, 2.24) is 14.8 Å². The Kier molecular flexibility index (Phi) is 3.39. The molecule has 2 aromatic rings. The van der Waals surface area contributed by atoms with E-state index in [1.165, 1.54) is 0 Å². The van der Waals surface area contributed by atoms with E-state index in [1.54, 1.807) is 42.3 Å². The molecule has 0 bridgehead atoms. The standard InChI is InChI=1S/C12H15N3O2/c1-3-15-8-10(7-14-15)17-12-11(9(2)16)5-4-6-13-12/h4-9,16H,3H2,1-2H3/t9-/m1/s1. The zero-order valence-electron chi connectivity index (χ0n) is 9.87. The molecule has 0 aliphatic heterocycles. The van der Waals surface area contributed by atoms with Gasteiger partial charge in [0.25, 0.3) is 0 Å². The third kappa shape index (κ3) is 2.62. The van der Waals surface area contributed by atoms with Crippen LogP contribution in [0.2, 0.25) is 0 Å². The Labute approximate surface area is 99.7 Å². The average molecular weight is 233 g/mol. The summed E-state index contributed by atoms with van der Waals surface area (Å²) in [6.07, 6.45) is 4.44. The third-order valence-corrected chi connectivity index (χ3v) is 2.40. The first kappa shape index (κ1) is 11.6. The number of aliphatic hydroxyl groups is 1. The van der Waals surface area contributed by atoms with E-state index in [0.717, 1.165) is 6.54 Å². The molecule has 5 heteroatoms. The van der Waals surface area contributed by atoms with Crippen LogP contribution in [0.25, 0.3) is 0 Å². The van der Waals surface area contributed by atoms with Gasteiger partial charge in [-0.15, -0.1) is 0 Å². The first-order valence-corrected chi connectivity index (χ1v) is 5.54. The van der Waals surface area contributed by atoms with Crippen molar-refractivity contribution in [2.45, 2.75) is 26.5 Å². The molecule has 0 aliphatic carbocycles. The number of aliphatic hydroxyl groups excluding tert-OH is 1. The van der Waals surface area contributed by atoms with Gasteiger partial charge in [-0.3, -0.25) is 4.68 Å². The van der Waals surface area contributed by atoms with Crippen LogP contribution in [0, 0.1) is 0 Å². The first-order chi connectivity index (χ1) is 8.20. The van der Waals surface area contributed by atoms with E-state index in [-0.39, 0.29) is 0 Å². The van der Waals surface area contributed by atoms with Gasteiger partial charge in [0.1, 0.15) is 0 Å². The van der Waals surface area contributed by atoms with Crippen molar-refractivity contribution in [1.29, 1.82) is 0 Å². The van der Waals surface area contributed by atoms with E-state index in [1.807, 2.05) is 6.92 Å². The second-order valence-electron chi connectivity index (χ2n) is 3.71. The molecule has 0 radical (unpaired) electrons. The molecule has 0 aromatic carbocycles. The monoisotopic (exact) mass is 233 g/mol. The number of ether oxygens (including phenoxy) is 1. The summed E-state index contributed by atoms with van der Waals surface area (Å²) in [7, 11) is 0. The predicted molar refractivity (Wildman–Crippen MR) is 62.8 cm³/mol. The molecule has 2 rings (SSSR count). The minimum Gasteiger partial charge on any atom is -0.435 e. The summed E-state index contributed by atoms with van der Waals surface area (Å²) in [6.45, 7) is 4.47. The highest BCUT2D eigenvalue weighted by atomic mass is 16.5. The number of rotatable bonds is 4. The van der Waals surface area contributed by atoms with Crippen LogP contribution in [0.3, 0.4) is 0 Å². The smallest absolute Gasteiger partial charge is 0.225 e. The summed E-state index contributed by atoms with van der Waals surface area (Å²) >= 11 is 0. The second-order valence-corrected chi connectivity index (χ2v) is 3.71. The molecule has 0 aliphatic rings.